The predicted molar refractivity (Wildman–Crippen MR) is 171 cm³/mol. The number of rotatable bonds is 4. The second-order valence-electron chi connectivity index (χ2n) is 13.9. The molecule has 2 aliphatic carbocycles. The van der Waals surface area contributed by atoms with Gasteiger partial charge in [-0.1, -0.05) is 0 Å². The van der Waals surface area contributed by atoms with Gasteiger partial charge in [-0.2, -0.15) is 16.2 Å². The fourth-order valence-electron chi connectivity index (χ4n) is 7.15. The number of fused-ring (bicyclic) bond motifs is 3. The Kier molecular flexibility index (Phi) is 8.86. The third-order valence-corrected chi connectivity index (χ3v) is 9.52. The zero-order valence-corrected chi connectivity index (χ0v) is 29.4. The van der Waals surface area contributed by atoms with Crippen molar-refractivity contribution >= 4 is 41.2 Å². The van der Waals surface area contributed by atoms with Crippen LogP contribution in [0.15, 0.2) is 11.6 Å². The van der Waals surface area contributed by atoms with E-state index in [9.17, 15) is 9.59 Å². The first-order chi connectivity index (χ1) is 21.9. The summed E-state index contributed by atoms with van der Waals surface area (Å²) in [6.07, 6.45) is 6.46. The third kappa shape index (κ3) is 6.13. The number of carbonyl (C=O) groups excluding carboxylic acids is 2. The Morgan fingerprint density at radius 1 is 1.15 bits per heavy atom. The maximum absolute atomic E-state index is 15.1. The molecular weight excluding hydrogens is 784 g/mol. The molecule has 1 aromatic heterocycles. The number of piperazine rings is 1. The zero-order chi connectivity index (χ0) is 32.5. The normalized spacial score (nSPS) is 24.2. The fourth-order valence-corrected chi connectivity index (χ4v) is 7.15. The van der Waals surface area contributed by atoms with Crippen molar-refractivity contribution < 1.29 is 48.3 Å². The quantitative estimate of drug-likeness (QED) is 0.455. The second-order valence-corrected chi connectivity index (χ2v) is 13.9. The van der Waals surface area contributed by atoms with Crippen LogP contribution in [0.1, 0.15) is 74.5 Å². The number of anilines is 2. The summed E-state index contributed by atoms with van der Waals surface area (Å²) in [7, 11) is 0. The van der Waals surface area contributed by atoms with Crippen LogP contribution in [0, 0.1) is 18.7 Å². The minimum absolute atomic E-state index is 0. The number of carbonyl (C=O) groups is 2. The molecule has 4 fully saturated rings. The van der Waals surface area contributed by atoms with E-state index in [1.165, 1.54) is 6.07 Å². The van der Waals surface area contributed by atoms with Gasteiger partial charge in [0.2, 0.25) is 5.78 Å². The number of hydrogen-bond donors (Lipinski definition) is 1. The van der Waals surface area contributed by atoms with Gasteiger partial charge in [0.25, 0.3) is 0 Å². The Labute approximate surface area is 286 Å². The van der Waals surface area contributed by atoms with E-state index in [1.807, 2.05) is 26.8 Å². The van der Waals surface area contributed by atoms with E-state index < -0.39 is 11.4 Å². The standard InChI is InChI=1S/C34H41FN6O5.Ir/c1-17-25(35)13-26(37)24(14-36)27(17)28-22(18-5-6-18)12-23-29(30(28)42)38-32(45-21-7-9-44-10-8-21)39-31(23)40-15-20-11-19(40)16-41(20)33(43)46-34(2,3)4;/h12-14,18-21H,5-11,15-16H2,1-4H3,(H4,36,37,42);/p-1. The summed E-state index contributed by atoms with van der Waals surface area (Å²) in [6.45, 7) is 9.31. The summed E-state index contributed by atoms with van der Waals surface area (Å²) >= 11 is 0. The van der Waals surface area contributed by atoms with Crippen molar-refractivity contribution in [1.82, 2.24) is 14.9 Å². The Hall–Kier alpha value is -3.54. The largest absolute Gasteiger partial charge is 0.704 e. The molecule has 47 heavy (non-hydrogen) atoms. The van der Waals surface area contributed by atoms with Crippen LogP contribution in [0.4, 0.5) is 20.7 Å². The summed E-state index contributed by atoms with van der Waals surface area (Å²) in [6, 6.07) is 1.21. The van der Waals surface area contributed by atoms with Gasteiger partial charge in [-0.05, 0) is 86.6 Å². The number of amides is 1. The number of Topliss-reactive ketones (excluding diaryl/α,β-unsaturated/α-hetero) is 1. The molecule has 253 valence electrons. The van der Waals surface area contributed by atoms with E-state index in [-0.39, 0.29) is 79.0 Å². The number of ether oxygens (including phenoxy) is 3. The maximum atomic E-state index is 15.1. The van der Waals surface area contributed by atoms with E-state index >= 15 is 4.39 Å². The topological polar surface area (TPSA) is 144 Å². The molecule has 11 nitrogen and oxygen atoms in total. The van der Waals surface area contributed by atoms with Crippen LogP contribution in [-0.2, 0) is 29.6 Å². The van der Waals surface area contributed by atoms with Gasteiger partial charge in [-0.15, -0.1) is 0 Å². The number of halogens is 1. The molecule has 0 spiro atoms. The molecule has 1 saturated carbocycles. The second kappa shape index (κ2) is 12.5. The molecule has 7 rings (SSSR count). The van der Waals surface area contributed by atoms with Crippen LogP contribution in [0.3, 0.4) is 0 Å². The van der Waals surface area contributed by atoms with Gasteiger partial charge in [-0.25, -0.2) is 9.18 Å². The Balaban J connectivity index is 0.00000386. The van der Waals surface area contributed by atoms with E-state index in [0.717, 1.165) is 31.0 Å². The fraction of sp³-hybridized carbons (Fsp3) is 0.529. The molecule has 5 aliphatic rings. The minimum atomic E-state index is -0.596. The van der Waals surface area contributed by atoms with Gasteiger partial charge in [0, 0.05) is 62.9 Å². The summed E-state index contributed by atoms with van der Waals surface area (Å²) in [5.74, 6) is -0.195. The number of hydrogen-bond acceptors (Lipinski definition) is 9. The molecule has 1 aromatic carbocycles. The van der Waals surface area contributed by atoms with Crippen LogP contribution in [-0.4, -0.2) is 76.8 Å². The van der Waals surface area contributed by atoms with Gasteiger partial charge in [0.05, 0.1) is 25.3 Å². The number of nitrogens with two attached hydrogens (primary N) is 1. The van der Waals surface area contributed by atoms with E-state index in [0.29, 0.717) is 66.5 Å². The molecule has 13 heteroatoms. The third-order valence-electron chi connectivity index (χ3n) is 9.52. The summed E-state index contributed by atoms with van der Waals surface area (Å²) in [5, 5.41) is 0.644. The average molecular weight is 824 g/mol. The summed E-state index contributed by atoms with van der Waals surface area (Å²) in [5.41, 5.74) is 16.0. The molecule has 1 amide bonds. The van der Waals surface area contributed by atoms with Crippen molar-refractivity contribution in [2.45, 2.75) is 83.6 Å². The Morgan fingerprint density at radius 3 is 2.49 bits per heavy atom. The Bertz CT molecular complexity index is 1780. The number of nitrogens with zero attached hydrogens (tertiary/aromatic N) is 4. The molecule has 2 unspecified atom stereocenters. The van der Waals surface area contributed by atoms with Crippen molar-refractivity contribution in [2.24, 2.45) is 5.92 Å². The number of aromatic nitrogens is 2. The molecule has 2 atom stereocenters. The molecule has 3 saturated heterocycles. The molecule has 2 aromatic rings. The van der Waals surface area contributed by atoms with Crippen LogP contribution in [0.2, 0.25) is 0 Å². The van der Waals surface area contributed by atoms with Crippen molar-refractivity contribution in [3.05, 3.63) is 50.4 Å². The smallest absolute Gasteiger partial charge is 0.410 e. The first-order valence-electron chi connectivity index (χ1n) is 16.1. The van der Waals surface area contributed by atoms with Gasteiger partial charge in [0.15, 0.2) is 0 Å². The van der Waals surface area contributed by atoms with E-state index in [4.69, 9.17) is 35.6 Å². The molecule has 3 N–H and O–H groups in total. The Morgan fingerprint density at radius 2 is 1.87 bits per heavy atom. The van der Waals surface area contributed by atoms with Crippen molar-refractivity contribution in [3.8, 4) is 6.01 Å². The number of nitrogens with one attached hydrogen (secondary N) is 1. The van der Waals surface area contributed by atoms with Crippen LogP contribution < -0.4 is 25.8 Å². The van der Waals surface area contributed by atoms with Gasteiger partial charge in [0.1, 0.15) is 29.0 Å². The van der Waals surface area contributed by atoms with Crippen LogP contribution in [0.5, 0.6) is 6.01 Å². The summed E-state index contributed by atoms with van der Waals surface area (Å²) in [4.78, 5) is 41.3. The van der Waals surface area contributed by atoms with Crippen molar-refractivity contribution in [2.75, 3.05) is 36.9 Å². The van der Waals surface area contributed by atoms with Crippen molar-refractivity contribution in [3.63, 3.8) is 0 Å². The molecular formula is C34H40FIrN6O5-. The number of ketones is 1. The molecule has 3 aliphatic heterocycles. The SMILES string of the molecule is Cc1c(F)cc(N)c(=C\[NH-])/c1=C1/C(=O)c2nc(OC3CCOCC3)nc(N3CC4CC3CN4C(=O)OC(C)(C)C)c2C=C1C1CC1.[Ir]. The minimum Gasteiger partial charge on any atom is -0.704 e. The number of nitrogen functional groups attached to an aromatic ring is 1. The molecule has 1 radical (unpaired) electrons. The van der Waals surface area contributed by atoms with E-state index in [1.54, 1.807) is 11.8 Å². The zero-order valence-electron chi connectivity index (χ0n) is 27.0. The average Bonchev–Trinajstić information content (AvgIpc) is 3.65. The van der Waals surface area contributed by atoms with Gasteiger partial charge >= 0.3 is 12.1 Å². The van der Waals surface area contributed by atoms with Crippen LogP contribution in [0.25, 0.3) is 23.6 Å². The molecule has 2 bridgehead atoms. The van der Waals surface area contributed by atoms with Gasteiger partial charge in [-0.3, -0.25) is 4.79 Å². The van der Waals surface area contributed by atoms with Crippen molar-refractivity contribution in [1.29, 1.82) is 0 Å². The number of benzene rings is 1. The van der Waals surface area contributed by atoms with E-state index in [2.05, 4.69) is 4.90 Å². The monoisotopic (exact) mass is 824 g/mol. The maximum Gasteiger partial charge on any atom is 0.410 e. The first-order valence-corrected chi connectivity index (χ1v) is 16.1. The predicted octanol–water partition coefficient (Wildman–Crippen LogP) is 3.89. The molecule has 4 heterocycles. The number of allylic oxidation sites excluding steroid dienone is 1. The van der Waals surface area contributed by atoms with Gasteiger partial charge < -0.3 is 35.5 Å². The number of likely N-dealkylation sites (tertiary alicyclic amines) is 1. The summed E-state index contributed by atoms with van der Waals surface area (Å²) < 4.78 is 32.6. The first kappa shape index (κ1) is 33.4. The van der Waals surface area contributed by atoms with Crippen LogP contribution >= 0.6 is 0 Å².